The Morgan fingerprint density at radius 3 is 1.14 bits per heavy atom. The molecular weight excluding hydrogens is 689 g/mol. The quantitative estimate of drug-likeness (QED) is 0.0349. The van der Waals surface area contributed by atoms with E-state index in [-0.39, 0.29) is 12.1 Å². The molecule has 0 heterocycles. The number of hydrogen-bond donors (Lipinski definition) is 0. The number of ether oxygens (including phenoxy) is 2. The number of carbonyl (C=O) groups is 1. The largest absolute Gasteiger partial charge is 0.495 e. The molecule has 0 unspecified atom stereocenters. The minimum Gasteiger partial charge on any atom is -0.495 e. The van der Waals surface area contributed by atoms with Crippen LogP contribution in [0.3, 0.4) is 0 Å². The number of unbranched alkanes of at least 4 members (excludes halogenated alkanes) is 24. The van der Waals surface area contributed by atoms with Crippen LogP contribution in [0.25, 0.3) is 0 Å². The topological polar surface area (TPSA) is 42.0 Å². The summed E-state index contributed by atoms with van der Waals surface area (Å²) >= 11 is 0. The highest BCUT2D eigenvalue weighted by Gasteiger charge is 2.15. The van der Waals surface area contributed by atoms with Crippen molar-refractivity contribution >= 4 is 5.97 Å². The normalized spacial score (nSPS) is 11.8. The van der Waals surface area contributed by atoms with E-state index < -0.39 is 0 Å². The van der Waals surface area contributed by atoms with Crippen molar-refractivity contribution in [1.29, 1.82) is 0 Å². The van der Waals surface area contributed by atoms with Gasteiger partial charge in [-0.05, 0) is 104 Å². The number of carbonyl (C=O) groups excluding carboxylic acids is 1. The maximum absolute atomic E-state index is 12.6. The van der Waals surface area contributed by atoms with Gasteiger partial charge in [0, 0.05) is 25.9 Å². The first-order valence-electron chi connectivity index (χ1n) is 25.3. The average molecular weight is 791 g/mol. The molecular formula is C51H102N2O3. The molecule has 56 heavy (non-hydrogen) atoms. The number of esters is 1. The zero-order valence-corrected chi connectivity index (χ0v) is 39.3. The SMILES string of the molecule is C=C(CCCCCCCCCN(CCCCCCCCCC(=O)OC(CCCCCC)CCCCCC)CCN(C)C)OC(CCCCCC)CCCCCC. The zero-order chi connectivity index (χ0) is 41.2. The van der Waals surface area contributed by atoms with Gasteiger partial charge in [0.2, 0.25) is 0 Å². The van der Waals surface area contributed by atoms with Gasteiger partial charge in [-0.1, -0.05) is 176 Å². The van der Waals surface area contributed by atoms with Crippen molar-refractivity contribution in [3.8, 4) is 0 Å². The minimum absolute atomic E-state index is 0.0477. The van der Waals surface area contributed by atoms with E-state index in [0.717, 1.165) is 44.4 Å². The van der Waals surface area contributed by atoms with E-state index >= 15 is 0 Å². The summed E-state index contributed by atoms with van der Waals surface area (Å²) in [4.78, 5) is 17.7. The molecule has 0 aromatic heterocycles. The molecule has 0 aromatic carbocycles. The van der Waals surface area contributed by atoms with E-state index in [0.29, 0.717) is 12.5 Å². The predicted octanol–water partition coefficient (Wildman–Crippen LogP) is 15.8. The van der Waals surface area contributed by atoms with Crippen LogP contribution in [0.4, 0.5) is 0 Å². The van der Waals surface area contributed by atoms with Crippen molar-refractivity contribution in [3.05, 3.63) is 12.3 Å². The number of nitrogens with zero attached hydrogens (tertiary/aromatic N) is 2. The fourth-order valence-corrected chi connectivity index (χ4v) is 7.97. The number of rotatable bonds is 46. The maximum atomic E-state index is 12.6. The van der Waals surface area contributed by atoms with Gasteiger partial charge < -0.3 is 19.3 Å². The van der Waals surface area contributed by atoms with Crippen LogP contribution in [0.5, 0.6) is 0 Å². The van der Waals surface area contributed by atoms with Crippen molar-refractivity contribution in [2.45, 2.75) is 271 Å². The van der Waals surface area contributed by atoms with E-state index in [1.807, 2.05) is 0 Å². The third kappa shape index (κ3) is 39.7. The molecule has 0 aromatic rings. The molecule has 5 heteroatoms. The van der Waals surface area contributed by atoms with Crippen LogP contribution in [0.2, 0.25) is 0 Å². The van der Waals surface area contributed by atoms with E-state index in [1.54, 1.807) is 0 Å². The van der Waals surface area contributed by atoms with Gasteiger partial charge in [0.15, 0.2) is 0 Å². The Morgan fingerprint density at radius 1 is 0.411 bits per heavy atom. The first-order chi connectivity index (χ1) is 27.4. The van der Waals surface area contributed by atoms with Gasteiger partial charge in [-0.3, -0.25) is 4.79 Å². The fourth-order valence-electron chi connectivity index (χ4n) is 7.97. The van der Waals surface area contributed by atoms with Crippen LogP contribution in [0.15, 0.2) is 12.3 Å². The Hall–Kier alpha value is -1.07. The summed E-state index contributed by atoms with van der Waals surface area (Å²) in [6.07, 6.45) is 45.2. The zero-order valence-electron chi connectivity index (χ0n) is 39.3. The second kappa shape index (κ2) is 43.5. The first-order valence-corrected chi connectivity index (χ1v) is 25.3. The Labute approximate surface area is 352 Å². The highest BCUT2D eigenvalue weighted by Crippen LogP contribution is 2.21. The summed E-state index contributed by atoms with van der Waals surface area (Å²) < 4.78 is 12.4. The molecule has 0 radical (unpaired) electrons. The molecule has 0 rings (SSSR count). The maximum Gasteiger partial charge on any atom is 0.306 e. The van der Waals surface area contributed by atoms with Crippen LogP contribution in [-0.4, -0.2) is 68.3 Å². The van der Waals surface area contributed by atoms with Crippen LogP contribution in [0.1, 0.15) is 259 Å². The van der Waals surface area contributed by atoms with E-state index in [2.05, 4.69) is 58.2 Å². The Morgan fingerprint density at radius 2 is 0.750 bits per heavy atom. The molecule has 0 aliphatic carbocycles. The van der Waals surface area contributed by atoms with Gasteiger partial charge in [-0.15, -0.1) is 0 Å². The number of allylic oxidation sites excluding steroid dienone is 1. The number of likely N-dealkylation sites (N-methyl/N-ethyl adjacent to an activating group) is 1. The standard InChI is InChI=1S/C51H102N2O3/c1-8-12-16-31-39-49(40-32-17-13-9-2)55-48(5)38-30-26-22-20-24-28-36-44-53(47-46-52(6)7)45-37-29-25-21-23-27-35-43-51(54)56-50(41-33-18-14-10-3)42-34-19-15-11-4/h49-50H,5,8-47H2,1-4,6-7H3. The highest BCUT2D eigenvalue weighted by molar-refractivity contribution is 5.69. The van der Waals surface area contributed by atoms with Gasteiger partial charge in [-0.25, -0.2) is 0 Å². The second-order valence-electron chi connectivity index (χ2n) is 17.9. The average Bonchev–Trinajstić information content (AvgIpc) is 3.18. The molecule has 0 fully saturated rings. The van der Waals surface area contributed by atoms with Gasteiger partial charge in [0.1, 0.15) is 6.10 Å². The summed E-state index contributed by atoms with van der Waals surface area (Å²) in [7, 11) is 4.39. The third-order valence-electron chi connectivity index (χ3n) is 11.8. The van der Waals surface area contributed by atoms with Crippen molar-refractivity contribution in [1.82, 2.24) is 9.80 Å². The predicted molar refractivity (Wildman–Crippen MR) is 248 cm³/mol. The van der Waals surface area contributed by atoms with Gasteiger partial charge >= 0.3 is 5.97 Å². The highest BCUT2D eigenvalue weighted by atomic mass is 16.5. The van der Waals surface area contributed by atoms with Crippen LogP contribution in [0, 0.1) is 0 Å². The molecule has 5 nitrogen and oxygen atoms in total. The molecule has 0 aliphatic rings. The molecule has 334 valence electrons. The third-order valence-corrected chi connectivity index (χ3v) is 11.8. The lowest BCUT2D eigenvalue weighted by atomic mass is 10.0. The molecule has 0 amide bonds. The fraction of sp³-hybridized carbons (Fsp3) is 0.941. The second-order valence-corrected chi connectivity index (χ2v) is 17.9. The summed E-state index contributed by atoms with van der Waals surface area (Å²) in [6.45, 7) is 18.2. The summed E-state index contributed by atoms with van der Waals surface area (Å²) in [5.41, 5.74) is 0. The molecule has 0 atom stereocenters. The minimum atomic E-state index is 0.0477. The molecule has 0 bridgehead atoms. The molecule has 0 spiro atoms. The monoisotopic (exact) mass is 791 g/mol. The van der Waals surface area contributed by atoms with Crippen molar-refractivity contribution < 1.29 is 14.3 Å². The molecule has 0 saturated heterocycles. The lowest BCUT2D eigenvalue weighted by molar-refractivity contribution is -0.150. The lowest BCUT2D eigenvalue weighted by Gasteiger charge is -2.24. The van der Waals surface area contributed by atoms with Crippen LogP contribution < -0.4 is 0 Å². The van der Waals surface area contributed by atoms with E-state index in [9.17, 15) is 4.79 Å². The summed E-state index contributed by atoms with van der Waals surface area (Å²) in [6, 6.07) is 0. The van der Waals surface area contributed by atoms with E-state index in [4.69, 9.17) is 9.47 Å². The molecule has 0 saturated carbocycles. The van der Waals surface area contributed by atoms with E-state index in [1.165, 1.54) is 212 Å². The molecule has 0 aliphatic heterocycles. The van der Waals surface area contributed by atoms with Crippen LogP contribution >= 0.6 is 0 Å². The van der Waals surface area contributed by atoms with Crippen molar-refractivity contribution in [2.75, 3.05) is 40.3 Å². The van der Waals surface area contributed by atoms with Crippen LogP contribution in [-0.2, 0) is 14.3 Å². The van der Waals surface area contributed by atoms with Gasteiger partial charge in [0.05, 0.1) is 11.9 Å². The van der Waals surface area contributed by atoms with Gasteiger partial charge in [0.25, 0.3) is 0 Å². The first kappa shape index (κ1) is 54.9. The van der Waals surface area contributed by atoms with Crippen molar-refractivity contribution in [3.63, 3.8) is 0 Å². The lowest BCUT2D eigenvalue weighted by Crippen LogP contribution is -2.33. The summed E-state index contributed by atoms with van der Waals surface area (Å²) in [5, 5.41) is 0. The Bertz CT molecular complexity index is 733. The summed E-state index contributed by atoms with van der Waals surface area (Å²) in [5.74, 6) is 1.09. The number of hydrogen-bond acceptors (Lipinski definition) is 5. The Balaban J connectivity index is 4.10. The smallest absolute Gasteiger partial charge is 0.306 e. The van der Waals surface area contributed by atoms with Gasteiger partial charge in [-0.2, -0.15) is 0 Å². The Kier molecular flexibility index (Phi) is 42.7. The molecule has 0 N–H and O–H groups in total. The van der Waals surface area contributed by atoms with Crippen molar-refractivity contribution in [2.24, 2.45) is 0 Å².